The minimum Gasteiger partial charge on any atom is -0.489 e. The van der Waals surface area contributed by atoms with Gasteiger partial charge in [-0.05, 0) is 78.6 Å². The lowest BCUT2D eigenvalue weighted by Crippen LogP contribution is -2.13. The molecule has 0 unspecified atom stereocenters. The van der Waals surface area contributed by atoms with Gasteiger partial charge in [-0.1, -0.05) is 30.3 Å². The van der Waals surface area contributed by atoms with Gasteiger partial charge in [-0.25, -0.2) is 4.79 Å². The van der Waals surface area contributed by atoms with E-state index < -0.39 is 11.9 Å². The smallest absolute Gasteiger partial charge is 0.337 e. The molecule has 0 aliphatic carbocycles. The maximum atomic E-state index is 12.6. The highest BCUT2D eigenvalue weighted by molar-refractivity contribution is 6.09. The highest BCUT2D eigenvalue weighted by Crippen LogP contribution is 2.19. The van der Waals surface area contributed by atoms with Crippen LogP contribution in [0.3, 0.4) is 0 Å². The van der Waals surface area contributed by atoms with Crippen LogP contribution < -0.4 is 10.1 Å². The standard InChI is InChI=1S/C27H24N2O4/c1-18-11-19(2)13-24(12-18)29-26(30)23(16-28)14-21-5-4-6-25(15-21)33-17-20-7-9-22(10-8-20)27(31)32-3/h4-15H,17H2,1-3H3,(H,29,30). The first-order valence-electron chi connectivity index (χ1n) is 10.3. The maximum absolute atomic E-state index is 12.6. The Kier molecular flexibility index (Phi) is 7.61. The number of ether oxygens (including phenoxy) is 2. The number of carbonyl (C=O) groups is 2. The van der Waals surface area contributed by atoms with E-state index in [4.69, 9.17) is 9.47 Å². The molecule has 0 spiro atoms. The third kappa shape index (κ3) is 6.55. The van der Waals surface area contributed by atoms with Gasteiger partial charge in [-0.15, -0.1) is 0 Å². The molecule has 0 aliphatic heterocycles. The topological polar surface area (TPSA) is 88.4 Å². The van der Waals surface area contributed by atoms with Gasteiger partial charge < -0.3 is 14.8 Å². The third-order valence-corrected chi connectivity index (χ3v) is 4.79. The van der Waals surface area contributed by atoms with E-state index in [2.05, 4.69) is 5.32 Å². The molecule has 0 saturated carbocycles. The summed E-state index contributed by atoms with van der Waals surface area (Å²) in [7, 11) is 1.34. The molecule has 0 heterocycles. The van der Waals surface area contributed by atoms with Gasteiger partial charge in [0, 0.05) is 5.69 Å². The molecule has 0 bridgehead atoms. The second-order valence-electron chi connectivity index (χ2n) is 7.55. The van der Waals surface area contributed by atoms with Crippen molar-refractivity contribution in [2.75, 3.05) is 12.4 Å². The number of nitrogens with zero attached hydrogens (tertiary/aromatic N) is 1. The molecule has 1 amide bonds. The van der Waals surface area contributed by atoms with E-state index in [0.29, 0.717) is 29.2 Å². The van der Waals surface area contributed by atoms with Crippen molar-refractivity contribution in [2.24, 2.45) is 0 Å². The van der Waals surface area contributed by atoms with Crippen LogP contribution >= 0.6 is 0 Å². The first kappa shape index (κ1) is 23.3. The predicted octanol–water partition coefficient (Wildman–Crippen LogP) is 5.21. The number of hydrogen-bond acceptors (Lipinski definition) is 5. The second kappa shape index (κ2) is 10.8. The SMILES string of the molecule is COC(=O)c1ccc(COc2cccc(C=C(C#N)C(=O)Nc3cc(C)cc(C)c3)c2)cc1. The molecular weight excluding hydrogens is 416 g/mol. The molecule has 166 valence electrons. The van der Waals surface area contributed by atoms with E-state index in [1.54, 1.807) is 48.5 Å². The van der Waals surface area contributed by atoms with E-state index in [-0.39, 0.29) is 5.57 Å². The Hall–Kier alpha value is -4.37. The lowest BCUT2D eigenvalue weighted by molar-refractivity contribution is -0.112. The lowest BCUT2D eigenvalue weighted by atomic mass is 10.1. The van der Waals surface area contributed by atoms with Crippen LogP contribution in [0.1, 0.15) is 32.6 Å². The van der Waals surface area contributed by atoms with Crippen molar-refractivity contribution in [1.82, 2.24) is 0 Å². The molecule has 6 heteroatoms. The Labute approximate surface area is 193 Å². The molecule has 3 aromatic carbocycles. The summed E-state index contributed by atoms with van der Waals surface area (Å²) in [6.07, 6.45) is 1.52. The fourth-order valence-corrected chi connectivity index (χ4v) is 3.28. The van der Waals surface area contributed by atoms with Crippen molar-refractivity contribution < 1.29 is 19.1 Å². The summed E-state index contributed by atoms with van der Waals surface area (Å²) in [5.41, 5.74) is 4.71. The first-order valence-corrected chi connectivity index (χ1v) is 10.3. The van der Waals surface area contributed by atoms with Gasteiger partial charge in [0.2, 0.25) is 0 Å². The molecule has 6 nitrogen and oxygen atoms in total. The number of anilines is 1. The normalized spacial score (nSPS) is 10.8. The van der Waals surface area contributed by atoms with Crippen molar-refractivity contribution in [3.05, 3.63) is 100 Å². The number of rotatable bonds is 7. The molecular formula is C27H24N2O4. The number of nitrogens with one attached hydrogen (secondary N) is 1. The number of hydrogen-bond donors (Lipinski definition) is 1. The van der Waals surface area contributed by atoms with E-state index in [1.165, 1.54) is 13.2 Å². The average molecular weight is 440 g/mol. The van der Waals surface area contributed by atoms with Crippen LogP contribution in [-0.2, 0) is 16.1 Å². The quantitative estimate of drug-likeness (QED) is 0.309. The first-order chi connectivity index (χ1) is 15.9. The number of esters is 1. The molecule has 0 saturated heterocycles. The summed E-state index contributed by atoms with van der Waals surface area (Å²) in [6, 6.07) is 21.8. The number of methoxy groups -OCH3 is 1. The molecule has 0 aliphatic rings. The van der Waals surface area contributed by atoms with Crippen molar-refractivity contribution >= 4 is 23.6 Å². The van der Waals surface area contributed by atoms with Crippen LogP contribution in [0.5, 0.6) is 5.75 Å². The van der Waals surface area contributed by atoms with Crippen LogP contribution in [0.15, 0.2) is 72.3 Å². The number of nitriles is 1. The fourth-order valence-electron chi connectivity index (χ4n) is 3.28. The monoisotopic (exact) mass is 440 g/mol. The molecule has 33 heavy (non-hydrogen) atoms. The van der Waals surface area contributed by atoms with Gasteiger partial charge in [0.05, 0.1) is 12.7 Å². The largest absolute Gasteiger partial charge is 0.489 e. The fraction of sp³-hybridized carbons (Fsp3) is 0.148. The zero-order valence-corrected chi connectivity index (χ0v) is 18.7. The summed E-state index contributed by atoms with van der Waals surface area (Å²) in [5, 5.41) is 12.3. The van der Waals surface area contributed by atoms with E-state index in [9.17, 15) is 14.9 Å². The van der Waals surface area contributed by atoms with Crippen molar-refractivity contribution in [1.29, 1.82) is 5.26 Å². The third-order valence-electron chi connectivity index (χ3n) is 4.79. The Balaban J connectivity index is 1.68. The van der Waals surface area contributed by atoms with Gasteiger partial charge in [-0.2, -0.15) is 5.26 Å². The maximum Gasteiger partial charge on any atom is 0.337 e. The van der Waals surface area contributed by atoms with Crippen LogP contribution in [-0.4, -0.2) is 19.0 Å². The number of aryl methyl sites for hydroxylation is 2. The summed E-state index contributed by atoms with van der Waals surface area (Å²) < 4.78 is 10.5. The Bertz CT molecular complexity index is 1220. The zero-order chi connectivity index (χ0) is 23.8. The summed E-state index contributed by atoms with van der Waals surface area (Å²) >= 11 is 0. The van der Waals surface area contributed by atoms with Gasteiger partial charge in [0.15, 0.2) is 0 Å². The highest BCUT2D eigenvalue weighted by atomic mass is 16.5. The van der Waals surface area contributed by atoms with Crippen LogP contribution in [0.2, 0.25) is 0 Å². The Morgan fingerprint density at radius 3 is 2.33 bits per heavy atom. The predicted molar refractivity (Wildman–Crippen MR) is 127 cm³/mol. The van der Waals surface area contributed by atoms with Crippen molar-refractivity contribution in [3.8, 4) is 11.8 Å². The molecule has 0 radical (unpaired) electrons. The van der Waals surface area contributed by atoms with Gasteiger partial charge in [0.25, 0.3) is 5.91 Å². The van der Waals surface area contributed by atoms with E-state index >= 15 is 0 Å². The second-order valence-corrected chi connectivity index (χ2v) is 7.55. The number of amides is 1. The molecule has 3 aromatic rings. The Morgan fingerprint density at radius 2 is 1.70 bits per heavy atom. The minimum atomic E-state index is -0.473. The Morgan fingerprint density at radius 1 is 1.00 bits per heavy atom. The number of carbonyl (C=O) groups excluding carboxylic acids is 2. The van der Waals surface area contributed by atoms with Gasteiger partial charge >= 0.3 is 5.97 Å². The minimum absolute atomic E-state index is 0.00953. The van der Waals surface area contributed by atoms with Crippen LogP contribution in [0.25, 0.3) is 6.08 Å². The van der Waals surface area contributed by atoms with Crippen LogP contribution in [0.4, 0.5) is 5.69 Å². The van der Waals surface area contributed by atoms with Gasteiger partial charge in [0.1, 0.15) is 24.0 Å². The van der Waals surface area contributed by atoms with Crippen LogP contribution in [0, 0.1) is 25.2 Å². The zero-order valence-electron chi connectivity index (χ0n) is 18.7. The summed E-state index contributed by atoms with van der Waals surface area (Å²) in [4.78, 5) is 24.1. The molecule has 3 rings (SSSR count). The molecule has 0 aromatic heterocycles. The average Bonchev–Trinajstić information content (AvgIpc) is 2.80. The number of benzene rings is 3. The highest BCUT2D eigenvalue weighted by Gasteiger charge is 2.11. The van der Waals surface area contributed by atoms with E-state index in [1.807, 2.05) is 38.1 Å². The van der Waals surface area contributed by atoms with Crippen molar-refractivity contribution in [2.45, 2.75) is 20.5 Å². The van der Waals surface area contributed by atoms with Crippen molar-refractivity contribution in [3.63, 3.8) is 0 Å². The van der Waals surface area contributed by atoms with Gasteiger partial charge in [-0.3, -0.25) is 4.79 Å². The van der Waals surface area contributed by atoms with E-state index in [0.717, 1.165) is 16.7 Å². The summed E-state index contributed by atoms with van der Waals surface area (Å²) in [6.45, 7) is 4.19. The molecule has 0 atom stereocenters. The molecule has 0 fully saturated rings. The lowest BCUT2D eigenvalue weighted by Gasteiger charge is -2.09. The molecule has 1 N–H and O–H groups in total. The summed E-state index contributed by atoms with van der Waals surface area (Å²) in [5.74, 6) is -0.274.